The number of rotatable bonds is 4. The molecule has 0 bridgehead atoms. The SMILES string of the molecule is NC(=O)c1ccccc1CS(=O)(=O)c1ccc(N)cc1. The molecule has 0 unspecified atom stereocenters. The van der Waals surface area contributed by atoms with Crippen LogP contribution < -0.4 is 11.5 Å². The molecule has 0 fully saturated rings. The molecule has 0 aliphatic carbocycles. The summed E-state index contributed by atoms with van der Waals surface area (Å²) in [5, 5.41) is 0. The van der Waals surface area contributed by atoms with E-state index in [1.54, 1.807) is 18.2 Å². The minimum atomic E-state index is -3.55. The summed E-state index contributed by atoms with van der Waals surface area (Å²) < 4.78 is 24.6. The molecule has 0 spiro atoms. The van der Waals surface area contributed by atoms with E-state index in [9.17, 15) is 13.2 Å². The van der Waals surface area contributed by atoms with Gasteiger partial charge in [0.05, 0.1) is 10.6 Å². The maximum absolute atomic E-state index is 12.3. The van der Waals surface area contributed by atoms with Gasteiger partial charge in [0.25, 0.3) is 0 Å². The first-order valence-electron chi connectivity index (χ1n) is 5.86. The summed E-state index contributed by atoms with van der Waals surface area (Å²) in [5.41, 5.74) is 11.9. The van der Waals surface area contributed by atoms with E-state index in [-0.39, 0.29) is 16.2 Å². The third kappa shape index (κ3) is 2.97. The first-order chi connectivity index (χ1) is 9.40. The average Bonchev–Trinajstić information content (AvgIpc) is 2.39. The molecule has 0 heterocycles. The van der Waals surface area contributed by atoms with Crippen LogP contribution >= 0.6 is 0 Å². The number of primary amides is 1. The van der Waals surface area contributed by atoms with Crippen LogP contribution in [0.3, 0.4) is 0 Å². The van der Waals surface area contributed by atoms with Crippen molar-refractivity contribution in [2.75, 3.05) is 5.73 Å². The second-order valence-electron chi connectivity index (χ2n) is 4.35. The Balaban J connectivity index is 2.38. The van der Waals surface area contributed by atoms with Gasteiger partial charge < -0.3 is 11.5 Å². The van der Waals surface area contributed by atoms with Crippen molar-refractivity contribution in [2.45, 2.75) is 10.6 Å². The molecule has 6 heteroatoms. The molecule has 0 aliphatic heterocycles. The Kier molecular flexibility index (Phi) is 3.76. The third-order valence-corrected chi connectivity index (χ3v) is 4.55. The first kappa shape index (κ1) is 14.1. The van der Waals surface area contributed by atoms with Gasteiger partial charge in [-0.05, 0) is 35.9 Å². The van der Waals surface area contributed by atoms with Gasteiger partial charge in [-0.15, -0.1) is 0 Å². The smallest absolute Gasteiger partial charge is 0.249 e. The topological polar surface area (TPSA) is 103 Å². The number of nitrogens with two attached hydrogens (primary N) is 2. The fraction of sp³-hybridized carbons (Fsp3) is 0.0714. The van der Waals surface area contributed by atoms with Gasteiger partial charge in [0.1, 0.15) is 0 Å². The number of carbonyl (C=O) groups is 1. The van der Waals surface area contributed by atoms with Crippen molar-refractivity contribution in [3.63, 3.8) is 0 Å². The van der Waals surface area contributed by atoms with Gasteiger partial charge in [0.15, 0.2) is 9.84 Å². The predicted octanol–water partition coefficient (Wildman–Crippen LogP) is 1.34. The van der Waals surface area contributed by atoms with Crippen molar-refractivity contribution in [1.29, 1.82) is 0 Å². The Hall–Kier alpha value is -2.34. The molecule has 2 aromatic rings. The Morgan fingerprint density at radius 1 is 1.00 bits per heavy atom. The lowest BCUT2D eigenvalue weighted by Crippen LogP contribution is -2.15. The highest BCUT2D eigenvalue weighted by Gasteiger charge is 2.18. The number of carbonyl (C=O) groups excluding carboxylic acids is 1. The van der Waals surface area contributed by atoms with Gasteiger partial charge in [-0.25, -0.2) is 8.42 Å². The van der Waals surface area contributed by atoms with Crippen LogP contribution in [-0.2, 0) is 15.6 Å². The standard InChI is InChI=1S/C14H14N2O3S/c15-11-5-7-12(8-6-11)20(18,19)9-10-3-1-2-4-13(10)14(16)17/h1-8H,9,15H2,(H2,16,17). The molecule has 0 aromatic heterocycles. The number of hydrogen-bond donors (Lipinski definition) is 2. The lowest BCUT2D eigenvalue weighted by molar-refractivity contribution is 0.0999. The number of hydrogen-bond acceptors (Lipinski definition) is 4. The lowest BCUT2D eigenvalue weighted by atomic mass is 10.1. The highest BCUT2D eigenvalue weighted by atomic mass is 32.2. The Morgan fingerprint density at radius 3 is 2.20 bits per heavy atom. The van der Waals surface area contributed by atoms with E-state index >= 15 is 0 Å². The summed E-state index contributed by atoms with van der Waals surface area (Å²) in [6.45, 7) is 0. The van der Waals surface area contributed by atoms with Crippen LogP contribution in [-0.4, -0.2) is 14.3 Å². The van der Waals surface area contributed by atoms with Crippen LogP contribution in [0.1, 0.15) is 15.9 Å². The summed E-state index contributed by atoms with van der Waals surface area (Å²) in [5.74, 6) is -0.927. The fourth-order valence-corrected chi connectivity index (χ4v) is 3.23. The molecule has 0 saturated heterocycles. The molecule has 2 rings (SSSR count). The second kappa shape index (κ2) is 5.34. The fourth-order valence-electron chi connectivity index (χ4n) is 1.85. The molecular weight excluding hydrogens is 276 g/mol. The largest absolute Gasteiger partial charge is 0.399 e. The number of nitrogen functional groups attached to an aromatic ring is 1. The van der Waals surface area contributed by atoms with Gasteiger partial charge in [-0.3, -0.25) is 4.79 Å². The van der Waals surface area contributed by atoms with Crippen molar-refractivity contribution in [1.82, 2.24) is 0 Å². The summed E-state index contributed by atoms with van der Waals surface area (Å²) in [7, 11) is -3.55. The summed E-state index contributed by atoms with van der Waals surface area (Å²) >= 11 is 0. The van der Waals surface area contributed by atoms with Crippen LogP contribution in [0.5, 0.6) is 0 Å². The highest BCUT2D eigenvalue weighted by Crippen LogP contribution is 2.19. The molecule has 0 atom stereocenters. The summed E-state index contributed by atoms with van der Waals surface area (Å²) in [4.78, 5) is 11.5. The van der Waals surface area contributed by atoms with Gasteiger partial charge >= 0.3 is 0 Å². The van der Waals surface area contributed by atoms with Gasteiger partial charge in [0.2, 0.25) is 5.91 Å². The van der Waals surface area contributed by atoms with Gasteiger partial charge in [0, 0.05) is 11.3 Å². The summed E-state index contributed by atoms with van der Waals surface area (Å²) in [6, 6.07) is 12.3. The molecule has 0 aliphatic rings. The van der Waals surface area contributed by atoms with Crippen molar-refractivity contribution >= 4 is 21.4 Å². The minimum absolute atomic E-state index is 0.158. The van der Waals surface area contributed by atoms with E-state index in [0.29, 0.717) is 11.3 Å². The van der Waals surface area contributed by atoms with Crippen LogP contribution in [0.25, 0.3) is 0 Å². The Morgan fingerprint density at radius 2 is 1.60 bits per heavy atom. The zero-order valence-corrected chi connectivity index (χ0v) is 11.4. The molecular formula is C14H14N2O3S. The maximum Gasteiger partial charge on any atom is 0.249 e. The molecule has 20 heavy (non-hydrogen) atoms. The lowest BCUT2D eigenvalue weighted by Gasteiger charge is -2.08. The van der Waals surface area contributed by atoms with E-state index in [2.05, 4.69) is 0 Å². The Bertz CT molecular complexity index is 737. The summed E-state index contributed by atoms with van der Waals surface area (Å²) in [6.07, 6.45) is 0. The van der Waals surface area contributed by atoms with Crippen molar-refractivity contribution in [3.8, 4) is 0 Å². The third-order valence-electron chi connectivity index (χ3n) is 2.87. The molecule has 4 N–H and O–H groups in total. The van der Waals surface area contributed by atoms with E-state index in [0.717, 1.165) is 0 Å². The van der Waals surface area contributed by atoms with E-state index in [4.69, 9.17) is 11.5 Å². The molecule has 0 radical (unpaired) electrons. The normalized spacial score (nSPS) is 11.2. The number of anilines is 1. The van der Waals surface area contributed by atoms with Crippen LogP contribution in [0.4, 0.5) is 5.69 Å². The average molecular weight is 290 g/mol. The predicted molar refractivity (Wildman–Crippen MR) is 76.7 cm³/mol. The molecule has 1 amide bonds. The van der Waals surface area contributed by atoms with E-state index in [1.165, 1.54) is 30.3 Å². The number of benzene rings is 2. The first-order valence-corrected chi connectivity index (χ1v) is 7.51. The molecule has 104 valence electrons. The minimum Gasteiger partial charge on any atom is -0.399 e. The zero-order valence-electron chi connectivity index (χ0n) is 10.6. The van der Waals surface area contributed by atoms with Gasteiger partial charge in [-0.1, -0.05) is 18.2 Å². The second-order valence-corrected chi connectivity index (χ2v) is 6.34. The van der Waals surface area contributed by atoms with Crippen LogP contribution in [0.2, 0.25) is 0 Å². The van der Waals surface area contributed by atoms with E-state index < -0.39 is 15.7 Å². The number of sulfone groups is 1. The van der Waals surface area contributed by atoms with Crippen molar-refractivity contribution in [2.24, 2.45) is 5.73 Å². The van der Waals surface area contributed by atoms with Crippen LogP contribution in [0, 0.1) is 0 Å². The quantitative estimate of drug-likeness (QED) is 0.829. The molecule has 0 saturated carbocycles. The van der Waals surface area contributed by atoms with Crippen molar-refractivity contribution < 1.29 is 13.2 Å². The van der Waals surface area contributed by atoms with Gasteiger partial charge in [-0.2, -0.15) is 0 Å². The Labute approximate surface area is 117 Å². The number of amides is 1. The monoisotopic (exact) mass is 290 g/mol. The molecule has 5 nitrogen and oxygen atoms in total. The molecule has 2 aromatic carbocycles. The van der Waals surface area contributed by atoms with Crippen LogP contribution in [0.15, 0.2) is 53.4 Å². The van der Waals surface area contributed by atoms with Crippen molar-refractivity contribution in [3.05, 3.63) is 59.7 Å². The maximum atomic E-state index is 12.3. The zero-order chi connectivity index (χ0) is 14.8. The highest BCUT2D eigenvalue weighted by molar-refractivity contribution is 7.90. The van der Waals surface area contributed by atoms with E-state index in [1.807, 2.05) is 0 Å².